The number of carbonyl (C=O) groups is 3. The van der Waals surface area contributed by atoms with Crippen LogP contribution in [0, 0.1) is 25.5 Å². The smallest absolute Gasteiger partial charge is 0.250 e. The Balaban J connectivity index is 0.000000186. The van der Waals surface area contributed by atoms with Gasteiger partial charge in [0.1, 0.15) is 18.5 Å². The standard InChI is InChI=1S/C25H25FN2O3.C25H23FN2O3/c2*1-17-4-6-18(7-5-17)24(30)20-8-9-23(19(15-20)11-14-29)28-13-10-21(16-28)31-25-22(26)3-2-12-27-25/h2-9,12,15,21,29H,10-11,13-14,16H2,1H3;2-9,12,14-15,21H,10-11,13,16H2,1H3/t2*21-/m00/s1. The van der Waals surface area contributed by atoms with Gasteiger partial charge in [-0.05, 0) is 92.1 Å². The average Bonchev–Trinajstić information content (AvgIpc) is 3.96. The van der Waals surface area contributed by atoms with Crippen LogP contribution in [0.4, 0.5) is 20.2 Å². The highest BCUT2D eigenvalue weighted by Gasteiger charge is 2.29. The Morgan fingerprint density at radius 3 is 1.53 bits per heavy atom. The maximum atomic E-state index is 13.8. The van der Waals surface area contributed by atoms with Gasteiger partial charge in [0.05, 0.1) is 13.1 Å². The highest BCUT2D eigenvalue weighted by atomic mass is 19.1. The van der Waals surface area contributed by atoms with Crippen LogP contribution in [0.15, 0.2) is 122 Å². The molecule has 0 aliphatic carbocycles. The molecule has 12 heteroatoms. The number of aldehydes is 1. The highest BCUT2D eigenvalue weighted by Crippen LogP contribution is 2.31. The molecule has 2 atom stereocenters. The molecule has 2 fully saturated rings. The van der Waals surface area contributed by atoms with E-state index in [0.29, 0.717) is 54.7 Å². The van der Waals surface area contributed by atoms with Gasteiger partial charge >= 0.3 is 0 Å². The fourth-order valence-corrected chi connectivity index (χ4v) is 7.71. The lowest BCUT2D eigenvalue weighted by molar-refractivity contribution is -0.107. The van der Waals surface area contributed by atoms with Crippen molar-refractivity contribution in [1.82, 2.24) is 9.97 Å². The van der Waals surface area contributed by atoms with Crippen LogP contribution < -0.4 is 19.3 Å². The number of benzene rings is 4. The molecule has 2 aromatic heterocycles. The van der Waals surface area contributed by atoms with Crippen LogP contribution in [0.25, 0.3) is 0 Å². The summed E-state index contributed by atoms with van der Waals surface area (Å²) < 4.78 is 39.2. The zero-order chi connectivity index (χ0) is 43.6. The number of aliphatic hydroxyl groups is 1. The number of hydrogen-bond acceptors (Lipinski definition) is 10. The summed E-state index contributed by atoms with van der Waals surface area (Å²) in [5.74, 6) is -1.06. The Bertz CT molecular complexity index is 2520. The van der Waals surface area contributed by atoms with Crippen molar-refractivity contribution in [3.63, 3.8) is 0 Å². The Kier molecular flexibility index (Phi) is 14.1. The van der Waals surface area contributed by atoms with Crippen molar-refractivity contribution in [1.29, 1.82) is 0 Å². The second kappa shape index (κ2) is 20.2. The van der Waals surface area contributed by atoms with E-state index in [-0.39, 0.29) is 48.6 Å². The van der Waals surface area contributed by atoms with Gasteiger partial charge in [-0.25, -0.2) is 18.7 Å². The number of anilines is 2. The van der Waals surface area contributed by atoms with E-state index >= 15 is 0 Å². The van der Waals surface area contributed by atoms with E-state index < -0.39 is 11.6 Å². The molecule has 0 spiro atoms. The van der Waals surface area contributed by atoms with E-state index in [1.807, 2.05) is 86.6 Å². The molecule has 6 aromatic rings. The van der Waals surface area contributed by atoms with Gasteiger partial charge in [-0.15, -0.1) is 0 Å². The van der Waals surface area contributed by atoms with Crippen LogP contribution in [-0.4, -0.2) is 77.9 Å². The Morgan fingerprint density at radius 1 is 0.661 bits per heavy atom. The average molecular weight is 839 g/mol. The van der Waals surface area contributed by atoms with Crippen molar-refractivity contribution in [2.24, 2.45) is 0 Å². The van der Waals surface area contributed by atoms with E-state index in [2.05, 4.69) is 19.8 Å². The molecule has 4 heterocycles. The summed E-state index contributed by atoms with van der Waals surface area (Å²) in [4.78, 5) is 49.2. The van der Waals surface area contributed by atoms with Gasteiger partial charge in [0, 0.05) is 85.0 Å². The molecule has 1 N–H and O–H groups in total. The van der Waals surface area contributed by atoms with E-state index in [0.717, 1.165) is 52.9 Å². The van der Waals surface area contributed by atoms with Crippen LogP contribution in [0.2, 0.25) is 0 Å². The summed E-state index contributed by atoms with van der Waals surface area (Å²) in [5.41, 5.74) is 8.13. The highest BCUT2D eigenvalue weighted by molar-refractivity contribution is 6.10. The number of nitrogens with zero attached hydrogens (tertiary/aromatic N) is 4. The molecule has 0 radical (unpaired) electrons. The van der Waals surface area contributed by atoms with Crippen molar-refractivity contribution >= 4 is 29.2 Å². The van der Waals surface area contributed by atoms with E-state index in [4.69, 9.17) is 9.47 Å². The minimum absolute atomic E-state index is 0.00140. The quantitative estimate of drug-likeness (QED) is 0.0851. The molecule has 8 rings (SSSR count). The zero-order valence-corrected chi connectivity index (χ0v) is 34.7. The van der Waals surface area contributed by atoms with Crippen LogP contribution in [0.3, 0.4) is 0 Å². The molecule has 0 bridgehead atoms. The van der Waals surface area contributed by atoms with Crippen LogP contribution >= 0.6 is 0 Å². The lowest BCUT2D eigenvalue weighted by Gasteiger charge is -2.22. The second-order valence-electron chi connectivity index (χ2n) is 15.5. The molecule has 318 valence electrons. The van der Waals surface area contributed by atoms with Gasteiger partial charge in [0.2, 0.25) is 0 Å². The van der Waals surface area contributed by atoms with Gasteiger partial charge < -0.3 is 29.2 Å². The van der Waals surface area contributed by atoms with Gasteiger partial charge in [-0.1, -0.05) is 59.7 Å². The fourth-order valence-electron chi connectivity index (χ4n) is 7.71. The molecule has 0 amide bonds. The maximum absolute atomic E-state index is 13.8. The Hall–Kier alpha value is -6.79. The van der Waals surface area contributed by atoms with Crippen LogP contribution in [0.5, 0.6) is 11.8 Å². The number of rotatable bonds is 14. The second-order valence-corrected chi connectivity index (χ2v) is 15.5. The molecule has 0 saturated carbocycles. The third-order valence-electron chi connectivity index (χ3n) is 11.0. The SMILES string of the molecule is Cc1ccc(C(=O)c2ccc(N3CC[C@H](Oc4ncccc4F)C3)c(CC=O)c2)cc1.Cc1ccc(C(=O)c2ccc(N3CC[C@H](Oc4ncccc4F)C3)c(CCO)c2)cc1. The van der Waals surface area contributed by atoms with Crippen LogP contribution in [0.1, 0.15) is 66.9 Å². The normalized spacial score (nSPS) is 15.8. The molecule has 2 aliphatic heterocycles. The predicted octanol–water partition coefficient (Wildman–Crippen LogP) is 8.11. The summed E-state index contributed by atoms with van der Waals surface area (Å²) in [6.45, 7) is 6.52. The summed E-state index contributed by atoms with van der Waals surface area (Å²) in [5, 5.41) is 9.56. The Morgan fingerprint density at radius 2 is 1.10 bits per heavy atom. The number of carbonyl (C=O) groups excluding carboxylic acids is 3. The number of aromatic nitrogens is 2. The van der Waals surface area contributed by atoms with Gasteiger partial charge in [0.15, 0.2) is 23.2 Å². The lowest BCUT2D eigenvalue weighted by Crippen LogP contribution is -2.26. The molecule has 4 aromatic carbocycles. The zero-order valence-electron chi connectivity index (χ0n) is 34.7. The first-order chi connectivity index (χ1) is 30.1. The number of ketones is 2. The minimum atomic E-state index is -0.485. The third-order valence-corrected chi connectivity index (χ3v) is 11.0. The molecular formula is C50H48F2N4O6. The van der Waals surface area contributed by atoms with E-state index in [9.17, 15) is 28.3 Å². The van der Waals surface area contributed by atoms with Gasteiger partial charge in [-0.2, -0.15) is 0 Å². The van der Waals surface area contributed by atoms with E-state index in [1.54, 1.807) is 12.1 Å². The van der Waals surface area contributed by atoms with Gasteiger partial charge in [0.25, 0.3) is 11.8 Å². The number of pyridine rings is 2. The molecular weight excluding hydrogens is 791 g/mol. The van der Waals surface area contributed by atoms with Crippen molar-refractivity contribution in [2.45, 2.75) is 51.7 Å². The molecule has 2 aliphatic rings. The summed E-state index contributed by atoms with van der Waals surface area (Å²) >= 11 is 0. The number of ether oxygens (including phenoxy) is 2. The van der Waals surface area contributed by atoms with Gasteiger partial charge in [-0.3, -0.25) is 9.59 Å². The lowest BCUT2D eigenvalue weighted by atomic mass is 9.98. The van der Waals surface area contributed by atoms with Crippen molar-refractivity contribution in [3.05, 3.63) is 178 Å². The first-order valence-electron chi connectivity index (χ1n) is 20.7. The number of aryl methyl sites for hydroxylation is 2. The summed E-state index contributed by atoms with van der Waals surface area (Å²) in [6.07, 6.45) is 5.56. The first-order valence-corrected chi connectivity index (χ1v) is 20.7. The largest absolute Gasteiger partial charge is 0.470 e. The van der Waals surface area contributed by atoms with Crippen molar-refractivity contribution in [2.75, 3.05) is 42.6 Å². The van der Waals surface area contributed by atoms with E-state index in [1.165, 1.54) is 36.7 Å². The molecule has 2 saturated heterocycles. The number of halogens is 2. The maximum Gasteiger partial charge on any atom is 0.250 e. The predicted molar refractivity (Wildman–Crippen MR) is 234 cm³/mol. The monoisotopic (exact) mass is 838 g/mol. The van der Waals surface area contributed by atoms with Crippen molar-refractivity contribution in [3.8, 4) is 11.8 Å². The minimum Gasteiger partial charge on any atom is -0.470 e. The summed E-state index contributed by atoms with van der Waals surface area (Å²) in [7, 11) is 0. The number of aliphatic hydroxyl groups excluding tert-OH is 1. The topological polar surface area (TPSA) is 122 Å². The number of hydrogen-bond donors (Lipinski definition) is 1. The Labute approximate surface area is 359 Å². The molecule has 62 heavy (non-hydrogen) atoms. The fraction of sp³-hybridized carbons (Fsp3) is 0.260. The molecule has 10 nitrogen and oxygen atoms in total. The van der Waals surface area contributed by atoms with Crippen LogP contribution in [-0.2, 0) is 17.6 Å². The molecule has 0 unspecified atom stereocenters. The van der Waals surface area contributed by atoms with Crippen molar-refractivity contribution < 1.29 is 37.7 Å². The summed E-state index contributed by atoms with van der Waals surface area (Å²) in [6, 6.07) is 31.7. The first kappa shape index (κ1) is 43.3. The third kappa shape index (κ3) is 10.6.